The van der Waals surface area contributed by atoms with E-state index >= 15 is 0 Å². The number of hydrogen-bond donors (Lipinski definition) is 2. The van der Waals surface area contributed by atoms with E-state index in [2.05, 4.69) is 30.3 Å². The molecular formula is C29H34ClFN8O3. The Kier molecular flexibility index (Phi) is 9.27. The van der Waals surface area contributed by atoms with Crippen molar-refractivity contribution < 1.29 is 18.7 Å². The van der Waals surface area contributed by atoms with Gasteiger partial charge in [-0.1, -0.05) is 6.07 Å². The third-order valence-electron chi connectivity index (χ3n) is 7.16. The molecule has 222 valence electrons. The van der Waals surface area contributed by atoms with Crippen molar-refractivity contribution in [3.63, 3.8) is 0 Å². The lowest BCUT2D eigenvalue weighted by Gasteiger charge is -2.34. The van der Waals surface area contributed by atoms with Gasteiger partial charge in [0.15, 0.2) is 11.4 Å². The highest BCUT2D eigenvalue weighted by Gasteiger charge is 2.32. The molecular weight excluding hydrogens is 563 g/mol. The molecule has 0 saturated carbocycles. The minimum absolute atomic E-state index is 0. The lowest BCUT2D eigenvalue weighted by molar-refractivity contribution is -0.150. The van der Waals surface area contributed by atoms with Crippen molar-refractivity contribution in [1.82, 2.24) is 24.7 Å². The van der Waals surface area contributed by atoms with Crippen LogP contribution in [0.1, 0.15) is 26.7 Å². The van der Waals surface area contributed by atoms with Crippen molar-refractivity contribution in [3.8, 4) is 28.3 Å². The Bertz CT molecular complexity index is 1560. The van der Waals surface area contributed by atoms with Crippen molar-refractivity contribution in [2.24, 2.45) is 5.73 Å². The highest BCUT2D eigenvalue weighted by atomic mass is 35.5. The molecule has 0 spiro atoms. The van der Waals surface area contributed by atoms with Gasteiger partial charge in [-0.15, -0.1) is 12.4 Å². The molecule has 1 aliphatic heterocycles. The first-order valence-corrected chi connectivity index (χ1v) is 13.3. The van der Waals surface area contributed by atoms with Crippen LogP contribution >= 0.6 is 12.4 Å². The molecule has 42 heavy (non-hydrogen) atoms. The summed E-state index contributed by atoms with van der Waals surface area (Å²) in [5, 5.41) is 7.68. The number of pyridine rings is 1. The molecule has 4 aromatic rings. The van der Waals surface area contributed by atoms with Gasteiger partial charge in [0.2, 0.25) is 0 Å². The summed E-state index contributed by atoms with van der Waals surface area (Å²) in [4.78, 5) is 28.0. The number of aromatic nitrogens is 5. The largest absolute Gasteiger partial charge is 0.496 e. The number of methoxy groups -OCH3 is 2. The number of esters is 1. The Morgan fingerprint density at radius 3 is 2.71 bits per heavy atom. The molecule has 1 atom stereocenters. The second kappa shape index (κ2) is 12.7. The van der Waals surface area contributed by atoms with Crippen LogP contribution in [0.5, 0.6) is 5.75 Å². The van der Waals surface area contributed by atoms with E-state index in [1.54, 1.807) is 55.3 Å². The van der Waals surface area contributed by atoms with Crippen molar-refractivity contribution in [2.75, 3.05) is 37.5 Å². The predicted molar refractivity (Wildman–Crippen MR) is 161 cm³/mol. The van der Waals surface area contributed by atoms with Gasteiger partial charge < -0.3 is 25.4 Å². The average Bonchev–Trinajstić information content (AvgIpc) is 3.48. The number of carbonyl (C=O) groups is 1. The number of rotatable bonds is 8. The van der Waals surface area contributed by atoms with Crippen LogP contribution in [0.2, 0.25) is 0 Å². The fraction of sp³-hybridized carbons (Fsp3) is 0.345. The zero-order valence-electron chi connectivity index (χ0n) is 23.9. The SMILES string of the molecule is COC(=O)C(C)(C)n1cc(-c2cnc(Nc3ccnc(-c4c(F)cccc4OC)n3)cc2N2CCC[C@H](N)C2)cn1.Cl. The number of piperidine rings is 1. The first kappa shape index (κ1) is 30.7. The maximum atomic E-state index is 14.7. The maximum Gasteiger partial charge on any atom is 0.333 e. The minimum atomic E-state index is -0.985. The summed E-state index contributed by atoms with van der Waals surface area (Å²) in [6.45, 7) is 5.01. The molecule has 4 heterocycles. The Balaban J connectivity index is 0.00000405. The minimum Gasteiger partial charge on any atom is -0.496 e. The van der Waals surface area contributed by atoms with Crippen molar-refractivity contribution >= 4 is 35.7 Å². The molecule has 0 bridgehead atoms. The van der Waals surface area contributed by atoms with Crippen molar-refractivity contribution in [2.45, 2.75) is 38.3 Å². The summed E-state index contributed by atoms with van der Waals surface area (Å²) in [5.74, 6) is 0.617. The van der Waals surface area contributed by atoms with Crippen LogP contribution < -0.4 is 20.7 Å². The first-order valence-electron chi connectivity index (χ1n) is 13.3. The molecule has 0 amide bonds. The van der Waals surface area contributed by atoms with Crippen LogP contribution in [-0.2, 0) is 15.1 Å². The second-order valence-corrected chi connectivity index (χ2v) is 10.4. The van der Waals surface area contributed by atoms with E-state index in [0.29, 0.717) is 23.9 Å². The fourth-order valence-corrected chi connectivity index (χ4v) is 4.91. The van der Waals surface area contributed by atoms with E-state index in [9.17, 15) is 9.18 Å². The first-order chi connectivity index (χ1) is 19.7. The van der Waals surface area contributed by atoms with Crippen LogP contribution in [0.4, 0.5) is 21.7 Å². The number of nitrogens with one attached hydrogen (secondary N) is 1. The topological polar surface area (TPSA) is 133 Å². The number of ether oxygens (including phenoxy) is 2. The van der Waals surface area contributed by atoms with E-state index in [1.807, 2.05) is 12.3 Å². The summed E-state index contributed by atoms with van der Waals surface area (Å²) in [6, 6.07) is 8.23. The molecule has 1 aliphatic rings. The number of anilines is 3. The predicted octanol–water partition coefficient (Wildman–Crippen LogP) is 4.55. The normalized spacial score (nSPS) is 15.1. The number of nitrogens with zero attached hydrogens (tertiary/aromatic N) is 6. The quantitative estimate of drug-likeness (QED) is 0.279. The van der Waals surface area contributed by atoms with Gasteiger partial charge in [-0.25, -0.2) is 24.1 Å². The monoisotopic (exact) mass is 596 g/mol. The van der Waals surface area contributed by atoms with Crippen LogP contribution in [0.15, 0.2) is 55.1 Å². The van der Waals surface area contributed by atoms with Gasteiger partial charge in [0.05, 0.1) is 26.0 Å². The number of hydrogen-bond acceptors (Lipinski definition) is 10. The molecule has 0 radical (unpaired) electrons. The Hall–Kier alpha value is -4.29. The standard InChI is InChI=1S/C29H33FN8O3.ClH/c1-29(2,28(39)41-4)38-16-18(14-34-38)20-15-33-25(13-22(20)37-12-6-7-19(31)17-37)35-24-10-11-32-27(36-24)26-21(30)8-5-9-23(26)40-3;/h5,8-11,13-16,19H,6-7,12,17,31H2,1-4H3,(H,32,33,35,36);1H/t19-;/m0./s1. The van der Waals surface area contributed by atoms with Crippen LogP contribution in [0.25, 0.3) is 22.5 Å². The lowest BCUT2D eigenvalue weighted by Crippen LogP contribution is -2.43. The van der Waals surface area contributed by atoms with Crippen molar-refractivity contribution in [3.05, 3.63) is 60.9 Å². The number of carbonyl (C=O) groups excluding carboxylic acids is 1. The van der Waals surface area contributed by atoms with Crippen LogP contribution in [0.3, 0.4) is 0 Å². The summed E-state index contributed by atoms with van der Waals surface area (Å²) in [7, 11) is 2.83. The molecule has 13 heteroatoms. The summed E-state index contributed by atoms with van der Waals surface area (Å²) in [6.07, 6.45) is 8.74. The van der Waals surface area contributed by atoms with E-state index in [-0.39, 0.29) is 29.8 Å². The fourth-order valence-electron chi connectivity index (χ4n) is 4.91. The molecule has 1 fully saturated rings. The van der Waals surface area contributed by atoms with Crippen molar-refractivity contribution in [1.29, 1.82) is 0 Å². The van der Waals surface area contributed by atoms with Crippen LogP contribution in [-0.4, -0.2) is 64.1 Å². The number of benzene rings is 1. The summed E-state index contributed by atoms with van der Waals surface area (Å²) in [5.41, 5.74) is 8.08. The van der Waals surface area contributed by atoms with Gasteiger partial charge in [-0.2, -0.15) is 5.10 Å². The molecule has 1 saturated heterocycles. The molecule has 1 aromatic carbocycles. The molecule has 3 N–H and O–H groups in total. The molecule has 5 rings (SSSR count). The van der Waals surface area contributed by atoms with Gasteiger partial charge in [-0.3, -0.25) is 4.68 Å². The third-order valence-corrected chi connectivity index (χ3v) is 7.16. The molecule has 11 nitrogen and oxygen atoms in total. The van der Waals surface area contributed by atoms with E-state index in [0.717, 1.165) is 36.2 Å². The highest BCUT2D eigenvalue weighted by Crippen LogP contribution is 2.35. The highest BCUT2D eigenvalue weighted by molar-refractivity contribution is 5.85. The second-order valence-electron chi connectivity index (χ2n) is 10.4. The maximum absolute atomic E-state index is 14.7. The Morgan fingerprint density at radius 1 is 1.17 bits per heavy atom. The van der Waals surface area contributed by atoms with E-state index < -0.39 is 17.3 Å². The lowest BCUT2D eigenvalue weighted by atomic mass is 10.0. The Morgan fingerprint density at radius 2 is 1.98 bits per heavy atom. The smallest absolute Gasteiger partial charge is 0.333 e. The molecule has 0 unspecified atom stereocenters. The van der Waals surface area contributed by atoms with Gasteiger partial charge in [0.25, 0.3) is 0 Å². The molecule has 3 aromatic heterocycles. The third kappa shape index (κ3) is 6.14. The number of nitrogens with two attached hydrogens (primary N) is 1. The van der Waals surface area contributed by atoms with E-state index in [4.69, 9.17) is 15.2 Å². The zero-order chi connectivity index (χ0) is 29.1. The average molecular weight is 597 g/mol. The number of halogens is 2. The van der Waals surface area contributed by atoms with Gasteiger partial charge in [-0.05, 0) is 44.9 Å². The van der Waals surface area contributed by atoms with Crippen LogP contribution in [0, 0.1) is 5.82 Å². The summed E-state index contributed by atoms with van der Waals surface area (Å²) < 4.78 is 26.6. The summed E-state index contributed by atoms with van der Waals surface area (Å²) >= 11 is 0. The molecule has 0 aliphatic carbocycles. The van der Waals surface area contributed by atoms with Gasteiger partial charge in [0, 0.05) is 60.6 Å². The Labute approximate surface area is 249 Å². The van der Waals surface area contributed by atoms with Gasteiger partial charge >= 0.3 is 5.97 Å². The zero-order valence-corrected chi connectivity index (χ0v) is 24.7. The van der Waals surface area contributed by atoms with Gasteiger partial charge in [0.1, 0.15) is 23.2 Å². The van der Waals surface area contributed by atoms with E-state index in [1.165, 1.54) is 20.3 Å².